The van der Waals surface area contributed by atoms with Gasteiger partial charge in [0.1, 0.15) is 0 Å². The number of nitrogens with zero attached hydrogens (tertiary/aromatic N) is 4. The summed E-state index contributed by atoms with van der Waals surface area (Å²) >= 11 is 12.1. The van der Waals surface area contributed by atoms with Crippen LogP contribution in [0, 0.1) is 0 Å². The van der Waals surface area contributed by atoms with E-state index in [0.717, 1.165) is 74.3 Å². The Morgan fingerprint density at radius 2 is 1.67 bits per heavy atom. The molecule has 2 fully saturated rings. The molecule has 0 spiro atoms. The molecule has 2 aliphatic rings. The molecule has 194 valence electrons. The number of imidazole rings is 1. The lowest BCUT2D eigenvalue weighted by Gasteiger charge is -2.27. The van der Waals surface area contributed by atoms with Gasteiger partial charge >= 0.3 is 0 Å². The van der Waals surface area contributed by atoms with Gasteiger partial charge in [-0.2, -0.15) is 9.97 Å². The van der Waals surface area contributed by atoms with Crippen LogP contribution in [0.5, 0.6) is 0 Å². The Hall–Kier alpha value is -2.29. The lowest BCUT2D eigenvalue weighted by atomic mass is 9.92. The zero-order valence-electron chi connectivity index (χ0n) is 20.6. The summed E-state index contributed by atoms with van der Waals surface area (Å²) in [6.07, 6.45) is 13.1. The van der Waals surface area contributed by atoms with E-state index in [4.69, 9.17) is 43.9 Å². The molecule has 2 aliphatic carbocycles. The summed E-state index contributed by atoms with van der Waals surface area (Å²) in [5, 5.41) is 11.7. The normalized spacial score (nSPS) is 20.6. The van der Waals surface area contributed by atoms with Gasteiger partial charge in [0, 0.05) is 36.9 Å². The minimum atomic E-state index is 0.318. The van der Waals surface area contributed by atoms with Crippen molar-refractivity contribution >= 4 is 51.8 Å². The highest BCUT2D eigenvalue weighted by molar-refractivity contribution is 6.42. The molecule has 2 saturated carbocycles. The summed E-state index contributed by atoms with van der Waals surface area (Å²) in [7, 11) is 0. The van der Waals surface area contributed by atoms with E-state index >= 15 is 0 Å². The molecule has 2 aromatic heterocycles. The average Bonchev–Trinajstić information content (AvgIpc) is 3.55. The molecule has 0 unspecified atom stereocenters. The van der Waals surface area contributed by atoms with E-state index in [1.807, 2.05) is 24.5 Å². The maximum atomic E-state index is 6.10. The fraction of sp³-hybridized carbons (Fsp3) is 0.577. The summed E-state index contributed by atoms with van der Waals surface area (Å²) in [5.74, 6) is 1.50. The molecular weight excluding hydrogens is 495 g/mol. The predicted octanol–water partition coefficient (Wildman–Crippen LogP) is 6.23. The summed E-state index contributed by atoms with van der Waals surface area (Å²) in [5.41, 5.74) is 8.86. The van der Waals surface area contributed by atoms with Crippen molar-refractivity contribution in [2.75, 3.05) is 29.0 Å². The number of nitrogens with one attached hydrogen (secondary N) is 3. The standard InChI is InChI=1S/C26H36Cl2N8/c27-21-12-11-19(15-22(21)28)30-13-3-4-14-31-24-23-25(36(16-32-23)20-5-1-2-6-20)35-26(34-24)33-18-9-7-17(29)8-10-18/h11-12,15-18,20,30H,1-10,13-14,29H2,(H2,31,33,34,35)/t17-,18-. The van der Waals surface area contributed by atoms with Crippen LogP contribution < -0.4 is 21.7 Å². The zero-order valence-corrected chi connectivity index (χ0v) is 22.2. The Morgan fingerprint density at radius 3 is 2.42 bits per heavy atom. The van der Waals surface area contributed by atoms with E-state index in [-0.39, 0.29) is 0 Å². The van der Waals surface area contributed by atoms with Gasteiger partial charge < -0.3 is 26.3 Å². The van der Waals surface area contributed by atoms with Crippen molar-refractivity contribution in [2.45, 2.75) is 82.3 Å². The van der Waals surface area contributed by atoms with Crippen molar-refractivity contribution in [3.05, 3.63) is 34.6 Å². The molecule has 0 saturated heterocycles. The molecule has 2 heterocycles. The zero-order chi connectivity index (χ0) is 24.9. The number of fused-ring (bicyclic) bond motifs is 1. The van der Waals surface area contributed by atoms with Crippen LogP contribution >= 0.6 is 23.2 Å². The molecule has 1 aromatic carbocycles. The van der Waals surface area contributed by atoms with Crippen LogP contribution in [-0.2, 0) is 0 Å². The van der Waals surface area contributed by atoms with Crippen LogP contribution in [0.2, 0.25) is 10.0 Å². The van der Waals surface area contributed by atoms with Gasteiger partial charge in [-0.05, 0) is 69.6 Å². The van der Waals surface area contributed by atoms with E-state index in [1.165, 1.54) is 25.7 Å². The second kappa shape index (κ2) is 11.8. The minimum absolute atomic E-state index is 0.318. The summed E-state index contributed by atoms with van der Waals surface area (Å²) < 4.78 is 2.26. The Labute approximate surface area is 222 Å². The van der Waals surface area contributed by atoms with Crippen LogP contribution in [0.15, 0.2) is 24.5 Å². The molecule has 5 rings (SSSR count). The molecule has 10 heteroatoms. The van der Waals surface area contributed by atoms with E-state index in [0.29, 0.717) is 34.1 Å². The van der Waals surface area contributed by atoms with Gasteiger partial charge in [-0.1, -0.05) is 36.0 Å². The second-order valence-corrected chi connectivity index (χ2v) is 10.9. The third-order valence-corrected chi connectivity index (χ3v) is 8.13. The number of benzene rings is 1. The van der Waals surface area contributed by atoms with Crippen molar-refractivity contribution in [3.63, 3.8) is 0 Å². The number of rotatable bonds is 10. The van der Waals surface area contributed by atoms with Crippen molar-refractivity contribution < 1.29 is 0 Å². The summed E-state index contributed by atoms with van der Waals surface area (Å²) in [4.78, 5) is 14.5. The molecule has 36 heavy (non-hydrogen) atoms. The Kier molecular flexibility index (Phi) is 8.34. The van der Waals surface area contributed by atoms with Crippen LogP contribution in [-0.4, -0.2) is 44.7 Å². The first-order valence-electron chi connectivity index (χ1n) is 13.3. The molecular formula is C26H36Cl2N8. The highest BCUT2D eigenvalue weighted by atomic mass is 35.5. The van der Waals surface area contributed by atoms with Crippen LogP contribution in [0.4, 0.5) is 17.5 Å². The number of nitrogens with two attached hydrogens (primary N) is 1. The van der Waals surface area contributed by atoms with Gasteiger partial charge in [-0.3, -0.25) is 0 Å². The summed E-state index contributed by atoms with van der Waals surface area (Å²) in [6, 6.07) is 6.77. The Bertz CT molecular complexity index is 1150. The third kappa shape index (κ3) is 6.15. The van der Waals surface area contributed by atoms with Crippen LogP contribution in [0.1, 0.15) is 70.3 Å². The topological polar surface area (TPSA) is 106 Å². The van der Waals surface area contributed by atoms with Gasteiger partial charge in [0.2, 0.25) is 5.95 Å². The molecule has 0 aliphatic heterocycles. The van der Waals surface area contributed by atoms with Crippen molar-refractivity contribution in [1.82, 2.24) is 19.5 Å². The van der Waals surface area contributed by atoms with E-state index in [2.05, 4.69) is 20.5 Å². The van der Waals surface area contributed by atoms with Crippen molar-refractivity contribution in [2.24, 2.45) is 5.73 Å². The SMILES string of the molecule is N[C@H]1CC[C@H](Nc2nc(NCCCCNc3ccc(Cl)c(Cl)c3)c3ncn(C4CCCC4)c3n2)CC1. The Morgan fingerprint density at radius 1 is 0.917 bits per heavy atom. The molecule has 0 bridgehead atoms. The molecule has 3 aromatic rings. The van der Waals surface area contributed by atoms with Gasteiger partial charge in [0.25, 0.3) is 0 Å². The molecule has 5 N–H and O–H groups in total. The fourth-order valence-corrected chi connectivity index (χ4v) is 5.59. The van der Waals surface area contributed by atoms with Crippen molar-refractivity contribution in [3.8, 4) is 0 Å². The van der Waals surface area contributed by atoms with Gasteiger partial charge in [-0.15, -0.1) is 0 Å². The maximum Gasteiger partial charge on any atom is 0.227 e. The van der Waals surface area contributed by atoms with Gasteiger partial charge in [0.15, 0.2) is 17.0 Å². The highest BCUT2D eigenvalue weighted by Gasteiger charge is 2.23. The first kappa shape index (κ1) is 25.4. The molecule has 0 atom stereocenters. The molecule has 0 radical (unpaired) electrons. The molecule has 8 nitrogen and oxygen atoms in total. The van der Waals surface area contributed by atoms with Crippen LogP contribution in [0.3, 0.4) is 0 Å². The minimum Gasteiger partial charge on any atom is -0.385 e. The maximum absolute atomic E-state index is 6.10. The lowest BCUT2D eigenvalue weighted by molar-refractivity contribution is 0.410. The fourth-order valence-electron chi connectivity index (χ4n) is 5.30. The van der Waals surface area contributed by atoms with E-state index < -0.39 is 0 Å². The number of unbranched alkanes of at least 4 members (excludes halogenated alkanes) is 1. The van der Waals surface area contributed by atoms with E-state index in [1.54, 1.807) is 0 Å². The highest BCUT2D eigenvalue weighted by Crippen LogP contribution is 2.33. The van der Waals surface area contributed by atoms with Crippen LogP contribution in [0.25, 0.3) is 11.2 Å². The third-order valence-electron chi connectivity index (χ3n) is 7.39. The first-order chi connectivity index (χ1) is 17.6. The van der Waals surface area contributed by atoms with E-state index in [9.17, 15) is 0 Å². The predicted molar refractivity (Wildman–Crippen MR) is 149 cm³/mol. The van der Waals surface area contributed by atoms with Gasteiger partial charge in [0.05, 0.1) is 16.4 Å². The summed E-state index contributed by atoms with van der Waals surface area (Å²) in [6.45, 7) is 1.66. The lowest BCUT2D eigenvalue weighted by Crippen LogP contribution is -2.33. The number of aromatic nitrogens is 4. The number of anilines is 3. The number of hydrogen-bond acceptors (Lipinski definition) is 7. The molecule has 0 amide bonds. The quantitative estimate of drug-likeness (QED) is 0.230. The average molecular weight is 532 g/mol. The largest absolute Gasteiger partial charge is 0.385 e. The monoisotopic (exact) mass is 530 g/mol. The van der Waals surface area contributed by atoms with Gasteiger partial charge in [-0.25, -0.2) is 4.98 Å². The Balaban J connectivity index is 1.23. The number of hydrogen-bond donors (Lipinski definition) is 4. The second-order valence-electron chi connectivity index (χ2n) is 10.1. The smallest absolute Gasteiger partial charge is 0.227 e. The number of halogens is 2. The first-order valence-corrected chi connectivity index (χ1v) is 14.0. The van der Waals surface area contributed by atoms with Crippen molar-refractivity contribution in [1.29, 1.82) is 0 Å².